The number of esters is 1. The first kappa shape index (κ1) is 21.4. The molecule has 0 heterocycles. The van der Waals surface area contributed by atoms with E-state index < -0.39 is 6.10 Å². The van der Waals surface area contributed by atoms with Gasteiger partial charge in [0.25, 0.3) is 5.91 Å². The molecule has 5 heteroatoms. The van der Waals surface area contributed by atoms with Crippen LogP contribution in [0.3, 0.4) is 0 Å². The fourth-order valence-electron chi connectivity index (χ4n) is 3.03. The Morgan fingerprint density at radius 2 is 1.67 bits per heavy atom. The maximum Gasteiger partial charge on any atom is 0.338 e. The molecule has 0 aliphatic carbocycles. The first-order valence-corrected chi connectivity index (χ1v) is 10.3. The van der Waals surface area contributed by atoms with Crippen LogP contribution in [-0.2, 0) is 9.53 Å². The van der Waals surface area contributed by atoms with E-state index in [1.807, 2.05) is 56.3 Å². The van der Waals surface area contributed by atoms with Gasteiger partial charge in [-0.3, -0.25) is 4.79 Å². The predicted octanol–water partition coefficient (Wildman–Crippen LogP) is 5.59. The fourth-order valence-corrected chi connectivity index (χ4v) is 3.03. The van der Waals surface area contributed by atoms with Crippen LogP contribution in [0.25, 0.3) is 10.8 Å². The standard InChI is InChI=1S/C25H27NO4/c1-3-5-16-29-25(28)19-10-13-21(14-11-19)26-24(27)23(4-2)30-22-15-12-18-8-6-7-9-20(18)17-22/h6-15,17,23H,3-5,16H2,1-2H3,(H,26,27)/t23-/m0/s1. The van der Waals surface area contributed by atoms with Gasteiger partial charge in [-0.25, -0.2) is 4.79 Å². The lowest BCUT2D eigenvalue weighted by Crippen LogP contribution is -2.32. The van der Waals surface area contributed by atoms with Crippen molar-refractivity contribution in [3.05, 3.63) is 72.3 Å². The smallest absolute Gasteiger partial charge is 0.338 e. The van der Waals surface area contributed by atoms with Crippen molar-refractivity contribution in [3.8, 4) is 5.75 Å². The highest BCUT2D eigenvalue weighted by Gasteiger charge is 2.19. The number of amides is 1. The summed E-state index contributed by atoms with van der Waals surface area (Å²) in [5.41, 5.74) is 1.06. The average Bonchev–Trinajstić information content (AvgIpc) is 2.77. The zero-order valence-corrected chi connectivity index (χ0v) is 17.4. The second-order valence-corrected chi connectivity index (χ2v) is 7.08. The number of ether oxygens (including phenoxy) is 2. The molecule has 0 radical (unpaired) electrons. The van der Waals surface area contributed by atoms with Gasteiger partial charge in [-0.2, -0.15) is 0 Å². The summed E-state index contributed by atoms with van der Waals surface area (Å²) >= 11 is 0. The van der Waals surface area contributed by atoms with Crippen LogP contribution in [0.15, 0.2) is 66.7 Å². The summed E-state index contributed by atoms with van der Waals surface area (Å²) in [4.78, 5) is 24.7. The molecule has 3 aromatic carbocycles. The number of anilines is 1. The maximum atomic E-state index is 12.7. The van der Waals surface area contributed by atoms with Gasteiger partial charge in [0.05, 0.1) is 12.2 Å². The van der Waals surface area contributed by atoms with Crippen molar-refractivity contribution >= 4 is 28.3 Å². The Bertz CT molecular complexity index is 997. The summed E-state index contributed by atoms with van der Waals surface area (Å²) in [6, 6.07) is 20.5. The molecule has 1 atom stereocenters. The highest BCUT2D eigenvalue weighted by atomic mass is 16.5. The van der Waals surface area contributed by atoms with E-state index in [1.54, 1.807) is 24.3 Å². The van der Waals surface area contributed by atoms with Crippen molar-refractivity contribution in [1.82, 2.24) is 0 Å². The van der Waals surface area contributed by atoms with Crippen LogP contribution >= 0.6 is 0 Å². The molecule has 0 unspecified atom stereocenters. The molecule has 0 spiro atoms. The molecule has 3 aromatic rings. The number of hydrogen-bond acceptors (Lipinski definition) is 4. The number of benzene rings is 3. The van der Waals surface area contributed by atoms with E-state index >= 15 is 0 Å². The number of nitrogens with one attached hydrogen (secondary N) is 1. The Hall–Kier alpha value is -3.34. The van der Waals surface area contributed by atoms with E-state index in [0.29, 0.717) is 30.0 Å². The fraction of sp³-hybridized carbons (Fsp3) is 0.280. The van der Waals surface area contributed by atoms with Crippen molar-refractivity contribution in [2.75, 3.05) is 11.9 Å². The second kappa shape index (κ2) is 10.4. The monoisotopic (exact) mass is 405 g/mol. The molecule has 30 heavy (non-hydrogen) atoms. The predicted molar refractivity (Wildman–Crippen MR) is 119 cm³/mol. The first-order valence-electron chi connectivity index (χ1n) is 10.3. The highest BCUT2D eigenvalue weighted by Crippen LogP contribution is 2.22. The average molecular weight is 405 g/mol. The molecule has 1 N–H and O–H groups in total. The van der Waals surface area contributed by atoms with Gasteiger partial charge in [-0.05, 0) is 60.0 Å². The van der Waals surface area contributed by atoms with E-state index in [2.05, 4.69) is 5.32 Å². The van der Waals surface area contributed by atoms with E-state index in [9.17, 15) is 9.59 Å². The Morgan fingerprint density at radius 3 is 2.37 bits per heavy atom. The topological polar surface area (TPSA) is 64.6 Å². The molecule has 0 aromatic heterocycles. The van der Waals surface area contributed by atoms with Crippen molar-refractivity contribution in [2.45, 2.75) is 39.2 Å². The van der Waals surface area contributed by atoms with Gasteiger partial charge in [-0.1, -0.05) is 50.6 Å². The Morgan fingerprint density at radius 1 is 0.933 bits per heavy atom. The molecule has 156 valence electrons. The zero-order valence-electron chi connectivity index (χ0n) is 17.4. The Kier molecular flexibility index (Phi) is 7.44. The van der Waals surface area contributed by atoms with E-state index in [0.717, 1.165) is 23.6 Å². The minimum atomic E-state index is -0.621. The van der Waals surface area contributed by atoms with Gasteiger partial charge < -0.3 is 14.8 Å². The van der Waals surface area contributed by atoms with Gasteiger partial charge >= 0.3 is 5.97 Å². The molecule has 1 amide bonds. The molecular weight excluding hydrogens is 378 g/mol. The number of rotatable bonds is 9. The number of carbonyl (C=O) groups is 2. The quantitative estimate of drug-likeness (QED) is 0.372. The van der Waals surface area contributed by atoms with E-state index in [1.165, 1.54) is 0 Å². The van der Waals surface area contributed by atoms with Crippen LogP contribution in [0.4, 0.5) is 5.69 Å². The summed E-state index contributed by atoms with van der Waals surface area (Å²) in [7, 11) is 0. The molecule has 0 saturated heterocycles. The van der Waals surface area contributed by atoms with Crippen LogP contribution in [-0.4, -0.2) is 24.6 Å². The largest absolute Gasteiger partial charge is 0.481 e. The maximum absolute atomic E-state index is 12.7. The van der Waals surface area contributed by atoms with E-state index in [-0.39, 0.29) is 11.9 Å². The number of unbranched alkanes of at least 4 members (excludes halogenated alkanes) is 1. The van der Waals surface area contributed by atoms with Crippen LogP contribution in [0, 0.1) is 0 Å². The number of carbonyl (C=O) groups excluding carboxylic acids is 2. The molecule has 3 rings (SSSR count). The van der Waals surface area contributed by atoms with Gasteiger partial charge in [0.1, 0.15) is 5.75 Å². The summed E-state index contributed by atoms with van der Waals surface area (Å²) in [5, 5.41) is 5.04. The normalized spacial score (nSPS) is 11.7. The van der Waals surface area contributed by atoms with Crippen molar-refractivity contribution in [1.29, 1.82) is 0 Å². The van der Waals surface area contributed by atoms with Crippen LogP contribution in [0.2, 0.25) is 0 Å². The Labute approximate surface area is 177 Å². The molecule has 0 bridgehead atoms. The first-order chi connectivity index (χ1) is 14.6. The minimum Gasteiger partial charge on any atom is -0.481 e. The van der Waals surface area contributed by atoms with Crippen molar-refractivity contribution in [2.24, 2.45) is 0 Å². The molecular formula is C25H27NO4. The SMILES string of the molecule is CCCCOC(=O)c1ccc(NC(=O)[C@H](CC)Oc2ccc3ccccc3c2)cc1. The zero-order chi connectivity index (χ0) is 21.3. The summed E-state index contributed by atoms with van der Waals surface area (Å²) < 4.78 is 11.1. The van der Waals surface area contributed by atoms with Gasteiger partial charge in [0, 0.05) is 5.69 Å². The van der Waals surface area contributed by atoms with Crippen LogP contribution in [0.5, 0.6) is 5.75 Å². The van der Waals surface area contributed by atoms with Crippen LogP contribution < -0.4 is 10.1 Å². The third kappa shape index (κ3) is 5.60. The van der Waals surface area contributed by atoms with Crippen molar-refractivity contribution in [3.63, 3.8) is 0 Å². The van der Waals surface area contributed by atoms with Gasteiger partial charge in [0.2, 0.25) is 0 Å². The van der Waals surface area contributed by atoms with Crippen LogP contribution in [0.1, 0.15) is 43.5 Å². The molecule has 0 aliphatic rings. The lowest BCUT2D eigenvalue weighted by molar-refractivity contribution is -0.122. The lowest BCUT2D eigenvalue weighted by Gasteiger charge is -2.18. The molecule has 5 nitrogen and oxygen atoms in total. The lowest BCUT2D eigenvalue weighted by atomic mass is 10.1. The summed E-state index contributed by atoms with van der Waals surface area (Å²) in [5.74, 6) is 0.0669. The third-order valence-corrected chi connectivity index (χ3v) is 4.78. The van der Waals surface area contributed by atoms with Gasteiger partial charge in [0.15, 0.2) is 6.10 Å². The van der Waals surface area contributed by atoms with Gasteiger partial charge in [-0.15, -0.1) is 0 Å². The molecule has 0 saturated carbocycles. The van der Waals surface area contributed by atoms with E-state index in [4.69, 9.17) is 9.47 Å². The number of hydrogen-bond donors (Lipinski definition) is 1. The highest BCUT2D eigenvalue weighted by molar-refractivity contribution is 5.95. The minimum absolute atomic E-state index is 0.232. The van der Waals surface area contributed by atoms with Crippen molar-refractivity contribution < 1.29 is 19.1 Å². The third-order valence-electron chi connectivity index (χ3n) is 4.78. The second-order valence-electron chi connectivity index (χ2n) is 7.08. The molecule has 0 aliphatic heterocycles. The summed E-state index contributed by atoms with van der Waals surface area (Å²) in [6.45, 7) is 4.36. The summed E-state index contributed by atoms with van der Waals surface area (Å²) in [6.07, 6.45) is 1.72. The molecule has 0 fully saturated rings. The number of fused-ring (bicyclic) bond motifs is 1. The Balaban J connectivity index is 1.60.